The van der Waals surface area contributed by atoms with E-state index < -0.39 is 0 Å². The van der Waals surface area contributed by atoms with E-state index >= 15 is 0 Å². The van der Waals surface area contributed by atoms with Crippen LogP contribution < -0.4 is 20.3 Å². The van der Waals surface area contributed by atoms with Crippen LogP contribution in [-0.2, 0) is 4.79 Å². The lowest BCUT2D eigenvalue weighted by molar-refractivity contribution is -0.111. The van der Waals surface area contributed by atoms with Gasteiger partial charge < -0.3 is 25.2 Å². The molecule has 2 N–H and O–H groups in total. The van der Waals surface area contributed by atoms with Crippen LogP contribution in [0.1, 0.15) is 6.42 Å². The number of nitrogens with one attached hydrogen (secondary N) is 2. The molecule has 2 aromatic heterocycles. The molecule has 3 heterocycles. The highest BCUT2D eigenvalue weighted by Crippen LogP contribution is 2.39. The van der Waals surface area contributed by atoms with E-state index in [-0.39, 0.29) is 5.91 Å². The lowest BCUT2D eigenvalue weighted by Gasteiger charge is -2.27. The summed E-state index contributed by atoms with van der Waals surface area (Å²) in [6.45, 7) is 7.32. The Bertz CT molecular complexity index is 1440. The molecule has 0 spiro atoms. The van der Waals surface area contributed by atoms with Crippen LogP contribution in [0.25, 0.3) is 21.3 Å². The number of anilines is 4. The van der Waals surface area contributed by atoms with Gasteiger partial charge in [-0.15, -0.1) is 11.3 Å². The zero-order valence-corrected chi connectivity index (χ0v) is 21.8. The molecule has 1 amide bonds. The number of methoxy groups -OCH3 is 1. The molecule has 1 aliphatic heterocycles. The Morgan fingerprint density at radius 3 is 2.84 bits per heavy atom. The Kier molecular flexibility index (Phi) is 7.34. The third-order valence-electron chi connectivity index (χ3n) is 6.48. The first-order valence-electron chi connectivity index (χ1n) is 12.2. The number of amides is 1. The molecule has 5 rings (SSSR count). The molecule has 0 saturated carbocycles. The fourth-order valence-electron chi connectivity index (χ4n) is 4.53. The first kappa shape index (κ1) is 24.7. The van der Waals surface area contributed by atoms with Crippen LogP contribution in [-0.4, -0.2) is 61.1 Å². The van der Waals surface area contributed by atoms with Crippen LogP contribution in [0, 0.1) is 0 Å². The van der Waals surface area contributed by atoms with Crippen LogP contribution in [0.5, 0.6) is 5.75 Å². The normalized spacial score (nSPS) is 14.3. The molecule has 1 saturated heterocycles. The highest BCUT2D eigenvalue weighted by Gasteiger charge is 2.20. The molecule has 0 bridgehead atoms. The Labute approximate surface area is 220 Å². The second kappa shape index (κ2) is 11.0. The lowest BCUT2D eigenvalue weighted by atomic mass is 10.1. The first-order chi connectivity index (χ1) is 18.1. The molecule has 1 aliphatic rings. The minimum atomic E-state index is -0.271. The molecule has 0 unspecified atom stereocenters. The van der Waals surface area contributed by atoms with E-state index in [4.69, 9.17) is 9.72 Å². The summed E-state index contributed by atoms with van der Waals surface area (Å²) in [6.07, 6.45) is 4.05. The number of fused-ring (bicyclic) bond motifs is 1. The number of rotatable bonds is 7. The highest BCUT2D eigenvalue weighted by atomic mass is 32.1. The van der Waals surface area contributed by atoms with Crippen molar-refractivity contribution in [2.75, 3.05) is 55.9 Å². The number of ether oxygens (including phenoxy) is 1. The smallest absolute Gasteiger partial charge is 0.247 e. The van der Waals surface area contributed by atoms with Crippen LogP contribution in [0.15, 0.2) is 66.7 Å². The maximum absolute atomic E-state index is 12.3. The van der Waals surface area contributed by atoms with Crippen molar-refractivity contribution < 1.29 is 9.53 Å². The zero-order chi connectivity index (χ0) is 25.8. The van der Waals surface area contributed by atoms with Gasteiger partial charge in [-0.2, -0.15) is 0 Å². The molecule has 190 valence electrons. The minimum absolute atomic E-state index is 0.271. The number of nitrogens with zero attached hydrogens (tertiary/aromatic N) is 4. The van der Waals surface area contributed by atoms with Gasteiger partial charge in [0.05, 0.1) is 29.9 Å². The van der Waals surface area contributed by atoms with Crippen molar-refractivity contribution in [2.24, 2.45) is 0 Å². The van der Waals surface area contributed by atoms with Crippen molar-refractivity contribution in [3.8, 4) is 17.0 Å². The van der Waals surface area contributed by atoms with Crippen molar-refractivity contribution in [3.63, 3.8) is 0 Å². The van der Waals surface area contributed by atoms with Crippen LogP contribution in [0.4, 0.5) is 23.0 Å². The van der Waals surface area contributed by atoms with E-state index in [0.29, 0.717) is 23.1 Å². The molecule has 0 aliphatic carbocycles. The summed E-state index contributed by atoms with van der Waals surface area (Å²) >= 11 is 1.69. The fourth-order valence-corrected chi connectivity index (χ4v) is 5.49. The van der Waals surface area contributed by atoms with E-state index in [1.165, 1.54) is 10.8 Å². The summed E-state index contributed by atoms with van der Waals surface area (Å²) in [5.74, 6) is 0.808. The predicted molar refractivity (Wildman–Crippen MR) is 152 cm³/mol. The molecule has 0 atom stereocenters. The number of likely N-dealkylation sites (N-methyl/N-ethyl adjacent to an activating group) is 1. The molecular formula is C28H30N6O2S. The van der Waals surface area contributed by atoms with Gasteiger partial charge in [-0.3, -0.25) is 4.79 Å². The van der Waals surface area contributed by atoms with Crippen molar-refractivity contribution in [2.45, 2.75) is 6.42 Å². The van der Waals surface area contributed by atoms with Crippen LogP contribution >= 0.6 is 11.3 Å². The van der Waals surface area contributed by atoms with Gasteiger partial charge in [0.25, 0.3) is 0 Å². The van der Waals surface area contributed by atoms with Crippen LogP contribution in [0.2, 0.25) is 0 Å². The standard InChI is InChI=1S/C28H30N6O2S/c1-4-27(35)30-22-16-23(25(36-3)17-24(22)34-13-7-12-33(2)14-15-34)32-28-29-11-10-21(31-28)20-18-37-26-9-6-5-8-19(20)26/h4-6,8-11,16-18H,1,7,12-15H2,2-3H3,(H,30,35)(H,29,31,32). The van der Waals surface area contributed by atoms with Gasteiger partial charge in [0.15, 0.2) is 0 Å². The number of aromatic nitrogens is 2. The zero-order valence-electron chi connectivity index (χ0n) is 21.0. The minimum Gasteiger partial charge on any atom is -0.494 e. The summed E-state index contributed by atoms with van der Waals surface area (Å²) in [5, 5.41) is 9.56. The highest BCUT2D eigenvalue weighted by molar-refractivity contribution is 7.17. The van der Waals surface area contributed by atoms with Gasteiger partial charge in [0.1, 0.15) is 5.75 Å². The van der Waals surface area contributed by atoms with Crippen LogP contribution in [0.3, 0.4) is 0 Å². The van der Waals surface area contributed by atoms with Gasteiger partial charge in [-0.25, -0.2) is 9.97 Å². The number of thiophene rings is 1. The third-order valence-corrected chi connectivity index (χ3v) is 7.44. The maximum Gasteiger partial charge on any atom is 0.247 e. The second-order valence-corrected chi connectivity index (χ2v) is 9.85. The molecule has 2 aromatic carbocycles. The van der Waals surface area contributed by atoms with Crippen molar-refractivity contribution >= 4 is 50.3 Å². The Balaban J connectivity index is 1.50. The SMILES string of the molecule is C=CC(=O)Nc1cc(Nc2nccc(-c3csc4ccccc34)n2)c(OC)cc1N1CCCN(C)CC1. The Morgan fingerprint density at radius 1 is 1.14 bits per heavy atom. The lowest BCUT2D eigenvalue weighted by Crippen LogP contribution is -2.29. The molecule has 1 fully saturated rings. The van der Waals surface area contributed by atoms with Gasteiger partial charge in [-0.1, -0.05) is 24.8 Å². The molecule has 4 aromatic rings. The average molecular weight is 515 g/mol. The van der Waals surface area contributed by atoms with E-state index in [9.17, 15) is 4.79 Å². The summed E-state index contributed by atoms with van der Waals surface area (Å²) in [5.41, 5.74) is 4.15. The number of hydrogen-bond donors (Lipinski definition) is 2. The van der Waals surface area contributed by atoms with Gasteiger partial charge >= 0.3 is 0 Å². The molecular weight excluding hydrogens is 484 g/mol. The van der Waals surface area contributed by atoms with Gasteiger partial charge in [0.2, 0.25) is 11.9 Å². The second-order valence-electron chi connectivity index (χ2n) is 8.94. The van der Waals surface area contributed by atoms with E-state index in [0.717, 1.165) is 54.9 Å². The molecule has 0 radical (unpaired) electrons. The average Bonchev–Trinajstić information content (AvgIpc) is 3.23. The Hall–Kier alpha value is -3.95. The number of carbonyl (C=O) groups is 1. The Morgan fingerprint density at radius 2 is 2.00 bits per heavy atom. The maximum atomic E-state index is 12.3. The largest absolute Gasteiger partial charge is 0.494 e. The van der Waals surface area contributed by atoms with E-state index in [1.54, 1.807) is 24.6 Å². The fraction of sp³-hybridized carbons (Fsp3) is 0.250. The summed E-state index contributed by atoms with van der Waals surface area (Å²) in [7, 11) is 3.77. The summed E-state index contributed by atoms with van der Waals surface area (Å²) in [4.78, 5) is 26.1. The predicted octanol–water partition coefficient (Wildman–Crippen LogP) is 5.38. The molecule has 37 heavy (non-hydrogen) atoms. The van der Waals surface area contributed by atoms with Crippen molar-refractivity contribution in [3.05, 3.63) is 66.7 Å². The summed E-state index contributed by atoms with van der Waals surface area (Å²) in [6, 6.07) is 14.0. The van der Waals surface area contributed by atoms with Gasteiger partial charge in [0, 0.05) is 52.9 Å². The third kappa shape index (κ3) is 5.42. The number of hydrogen-bond acceptors (Lipinski definition) is 8. The van der Waals surface area contributed by atoms with E-state index in [2.05, 4.69) is 56.6 Å². The number of carbonyl (C=O) groups excluding carboxylic acids is 1. The topological polar surface area (TPSA) is 82.6 Å². The molecule has 9 heteroatoms. The van der Waals surface area contributed by atoms with E-state index in [1.807, 2.05) is 30.3 Å². The quantitative estimate of drug-likeness (QED) is 0.321. The summed E-state index contributed by atoms with van der Waals surface area (Å²) < 4.78 is 6.97. The monoisotopic (exact) mass is 514 g/mol. The molecule has 8 nitrogen and oxygen atoms in total. The van der Waals surface area contributed by atoms with Gasteiger partial charge in [-0.05, 0) is 44.3 Å². The first-order valence-corrected chi connectivity index (χ1v) is 13.1. The number of benzene rings is 2. The van der Waals surface area contributed by atoms with Crippen molar-refractivity contribution in [1.82, 2.24) is 14.9 Å². The van der Waals surface area contributed by atoms with Crippen molar-refractivity contribution in [1.29, 1.82) is 0 Å².